The second-order valence-corrected chi connectivity index (χ2v) is 4.22. The van der Waals surface area contributed by atoms with Gasteiger partial charge in [0.25, 0.3) is 0 Å². The summed E-state index contributed by atoms with van der Waals surface area (Å²) in [6, 6.07) is 3.91. The molecule has 0 spiro atoms. The van der Waals surface area contributed by atoms with Crippen LogP contribution in [-0.4, -0.2) is 0 Å². The van der Waals surface area contributed by atoms with Crippen LogP contribution in [0.15, 0.2) is 18.2 Å². The Morgan fingerprint density at radius 1 is 0.850 bits per heavy atom. The first-order valence-electron chi connectivity index (χ1n) is 5.16. The molecule has 0 amide bonds. The third kappa shape index (κ3) is 2.36. The largest absolute Gasteiger partial charge is 0.399 e. The van der Waals surface area contributed by atoms with Crippen molar-refractivity contribution in [3.8, 4) is 0 Å². The van der Waals surface area contributed by atoms with Gasteiger partial charge < -0.3 is 11.1 Å². The van der Waals surface area contributed by atoms with Crippen LogP contribution in [0.4, 0.5) is 39.0 Å². The summed E-state index contributed by atoms with van der Waals surface area (Å²) in [4.78, 5) is 0. The van der Waals surface area contributed by atoms with Crippen molar-refractivity contribution in [2.45, 2.75) is 0 Å². The highest BCUT2D eigenvalue weighted by Gasteiger charge is 2.26. The van der Waals surface area contributed by atoms with E-state index in [1.165, 1.54) is 18.2 Å². The van der Waals surface area contributed by atoms with E-state index >= 15 is 0 Å². The van der Waals surface area contributed by atoms with Gasteiger partial charge in [-0.15, -0.1) is 0 Å². The number of nitrogens with two attached hydrogens (primary N) is 1. The van der Waals surface area contributed by atoms with Crippen LogP contribution in [0.5, 0.6) is 0 Å². The molecule has 2 nitrogen and oxygen atoms in total. The highest BCUT2D eigenvalue weighted by molar-refractivity contribution is 6.33. The van der Waals surface area contributed by atoms with E-state index in [9.17, 15) is 22.0 Å². The van der Waals surface area contributed by atoms with Crippen molar-refractivity contribution < 1.29 is 22.0 Å². The molecule has 0 aliphatic rings. The molecule has 0 aliphatic heterocycles. The monoisotopic (exact) mass is 308 g/mol. The van der Waals surface area contributed by atoms with Crippen molar-refractivity contribution in [1.29, 1.82) is 0 Å². The smallest absolute Gasteiger partial charge is 0.200 e. The summed E-state index contributed by atoms with van der Waals surface area (Å²) in [5.74, 6) is -10.3. The summed E-state index contributed by atoms with van der Waals surface area (Å²) < 4.78 is 65.9. The Hall–Kier alpha value is -2.02. The standard InChI is InChI=1S/C12H6ClF5N2/c13-5-2-1-4(19)3-6(5)20-12-10(17)8(15)7(14)9(16)11(12)18/h1-3,20H,19H2. The third-order valence-electron chi connectivity index (χ3n) is 2.46. The number of benzene rings is 2. The van der Waals surface area contributed by atoms with Crippen molar-refractivity contribution >= 4 is 28.7 Å². The Bertz CT molecular complexity index is 661. The van der Waals surface area contributed by atoms with E-state index in [0.29, 0.717) is 0 Å². The van der Waals surface area contributed by atoms with Crippen LogP contribution in [0.1, 0.15) is 0 Å². The van der Waals surface area contributed by atoms with Crippen LogP contribution < -0.4 is 11.1 Å². The zero-order valence-electron chi connectivity index (χ0n) is 9.58. The quantitative estimate of drug-likeness (QED) is 0.374. The number of nitrogen functional groups attached to an aromatic ring is 1. The van der Waals surface area contributed by atoms with Gasteiger partial charge in [0.1, 0.15) is 5.69 Å². The molecule has 2 aromatic carbocycles. The van der Waals surface area contributed by atoms with E-state index in [4.69, 9.17) is 17.3 Å². The maximum atomic E-state index is 13.5. The van der Waals surface area contributed by atoms with E-state index in [-0.39, 0.29) is 16.4 Å². The Labute approximate surface area is 115 Å². The Kier molecular flexibility index (Phi) is 3.71. The maximum Gasteiger partial charge on any atom is 0.200 e. The van der Waals surface area contributed by atoms with Crippen LogP contribution in [0, 0.1) is 29.1 Å². The first-order valence-corrected chi connectivity index (χ1v) is 5.54. The van der Waals surface area contributed by atoms with Gasteiger partial charge in [0.05, 0.1) is 10.7 Å². The number of rotatable bonds is 2. The minimum atomic E-state index is -2.23. The molecule has 0 fully saturated rings. The second-order valence-electron chi connectivity index (χ2n) is 3.81. The minimum absolute atomic E-state index is 0.00291. The van der Waals surface area contributed by atoms with Crippen molar-refractivity contribution in [2.75, 3.05) is 11.1 Å². The summed E-state index contributed by atoms with van der Waals surface area (Å²) in [6.07, 6.45) is 0. The van der Waals surface area contributed by atoms with Gasteiger partial charge in [-0.25, -0.2) is 22.0 Å². The number of nitrogens with one attached hydrogen (secondary N) is 1. The van der Waals surface area contributed by atoms with Crippen LogP contribution in [0.3, 0.4) is 0 Å². The SMILES string of the molecule is Nc1ccc(Cl)c(Nc2c(F)c(F)c(F)c(F)c2F)c1. The zero-order valence-corrected chi connectivity index (χ0v) is 10.3. The van der Waals surface area contributed by atoms with E-state index in [1.54, 1.807) is 0 Å². The van der Waals surface area contributed by atoms with Crippen LogP contribution in [0.25, 0.3) is 0 Å². The summed E-state index contributed by atoms with van der Waals surface area (Å²) in [7, 11) is 0. The zero-order chi connectivity index (χ0) is 15.0. The fourth-order valence-electron chi connectivity index (χ4n) is 1.49. The van der Waals surface area contributed by atoms with Gasteiger partial charge in [0.2, 0.25) is 5.82 Å². The average Bonchev–Trinajstić information content (AvgIpc) is 2.43. The lowest BCUT2D eigenvalue weighted by Crippen LogP contribution is -2.07. The van der Waals surface area contributed by atoms with Gasteiger partial charge >= 0.3 is 0 Å². The van der Waals surface area contributed by atoms with Crippen molar-refractivity contribution in [2.24, 2.45) is 0 Å². The van der Waals surface area contributed by atoms with Crippen molar-refractivity contribution in [1.82, 2.24) is 0 Å². The van der Waals surface area contributed by atoms with Gasteiger partial charge in [-0.1, -0.05) is 11.6 Å². The molecule has 2 rings (SSSR count). The Morgan fingerprint density at radius 2 is 1.35 bits per heavy atom. The lowest BCUT2D eigenvalue weighted by atomic mass is 10.2. The van der Waals surface area contributed by atoms with E-state index in [1.807, 2.05) is 5.32 Å². The third-order valence-corrected chi connectivity index (χ3v) is 2.79. The molecule has 0 saturated carbocycles. The van der Waals surface area contributed by atoms with E-state index < -0.39 is 34.8 Å². The minimum Gasteiger partial charge on any atom is -0.399 e. The van der Waals surface area contributed by atoms with Crippen molar-refractivity contribution in [3.05, 3.63) is 52.3 Å². The predicted molar refractivity (Wildman–Crippen MR) is 65.4 cm³/mol. The van der Waals surface area contributed by atoms with Crippen LogP contribution >= 0.6 is 11.6 Å². The van der Waals surface area contributed by atoms with Crippen molar-refractivity contribution in [3.63, 3.8) is 0 Å². The summed E-state index contributed by atoms with van der Waals surface area (Å²) in [5, 5.41) is 2.05. The molecule has 8 heteroatoms. The summed E-state index contributed by atoms with van der Waals surface area (Å²) >= 11 is 5.74. The molecule has 0 saturated heterocycles. The molecule has 0 aliphatic carbocycles. The summed E-state index contributed by atoms with van der Waals surface area (Å²) in [5.41, 5.74) is 4.35. The lowest BCUT2D eigenvalue weighted by molar-refractivity contribution is 0.382. The number of halogens is 6. The number of hydrogen-bond acceptors (Lipinski definition) is 2. The highest BCUT2D eigenvalue weighted by Crippen LogP contribution is 2.33. The number of anilines is 3. The topological polar surface area (TPSA) is 38.0 Å². The molecule has 3 N–H and O–H groups in total. The van der Waals surface area contributed by atoms with E-state index in [0.717, 1.165) is 0 Å². The Balaban J connectivity index is 2.57. The lowest BCUT2D eigenvalue weighted by Gasteiger charge is -2.12. The molecule has 0 aromatic heterocycles. The molecule has 20 heavy (non-hydrogen) atoms. The van der Waals surface area contributed by atoms with E-state index in [2.05, 4.69) is 0 Å². The summed E-state index contributed by atoms with van der Waals surface area (Å²) in [6.45, 7) is 0. The molecule has 2 aromatic rings. The number of hydrogen-bond donors (Lipinski definition) is 2. The first-order chi connectivity index (χ1) is 9.32. The van der Waals surface area contributed by atoms with Gasteiger partial charge in [0, 0.05) is 5.69 Å². The highest BCUT2D eigenvalue weighted by atomic mass is 35.5. The molecule has 0 heterocycles. The Morgan fingerprint density at radius 3 is 1.90 bits per heavy atom. The molecule has 0 bridgehead atoms. The van der Waals surface area contributed by atoms with Crippen LogP contribution in [0.2, 0.25) is 5.02 Å². The van der Waals surface area contributed by atoms with Crippen LogP contribution in [-0.2, 0) is 0 Å². The average molecular weight is 309 g/mol. The molecule has 0 radical (unpaired) electrons. The predicted octanol–water partition coefficient (Wildman–Crippen LogP) is 4.36. The van der Waals surface area contributed by atoms with Gasteiger partial charge in [-0.2, -0.15) is 0 Å². The molecular weight excluding hydrogens is 303 g/mol. The first kappa shape index (κ1) is 14.4. The molecule has 0 unspecified atom stereocenters. The molecule has 106 valence electrons. The van der Waals surface area contributed by atoms with Gasteiger partial charge in [-0.05, 0) is 18.2 Å². The normalized spacial score (nSPS) is 10.7. The molecule has 0 atom stereocenters. The van der Waals surface area contributed by atoms with Gasteiger partial charge in [0.15, 0.2) is 23.3 Å². The fraction of sp³-hybridized carbons (Fsp3) is 0. The molecular formula is C12H6ClF5N2. The fourth-order valence-corrected chi connectivity index (χ4v) is 1.65. The van der Waals surface area contributed by atoms with Gasteiger partial charge in [-0.3, -0.25) is 0 Å². The second kappa shape index (κ2) is 5.16. The maximum absolute atomic E-state index is 13.5.